The molecule has 0 spiro atoms. The molecule has 36 heavy (non-hydrogen) atoms. The van der Waals surface area contributed by atoms with Crippen LogP contribution in [0.1, 0.15) is 30.9 Å². The van der Waals surface area contributed by atoms with Crippen molar-refractivity contribution in [3.8, 4) is 5.75 Å². The fraction of sp³-hybridized carbons (Fsp3) is 0.423. The van der Waals surface area contributed by atoms with Crippen LogP contribution in [-0.4, -0.2) is 63.5 Å². The Labute approximate surface area is 212 Å². The number of aliphatic hydroxyl groups is 1. The molecule has 0 aliphatic carbocycles. The summed E-state index contributed by atoms with van der Waals surface area (Å²) in [7, 11) is 1.51. The zero-order chi connectivity index (χ0) is 25.7. The standard InChI is InChI=1S/C26H29F2N3O4S/c1-35-17-5-6-22-18(13-17)24(21(28)14-30-22)23(32)7-4-16-8-10-31(15-19(16)26(33)34)11-12-36-25-20(27)3-2-9-29-25/h2-3,5-6,9,13-14,16,19,23,32H,4,7-8,10-12,15H2,1H3,(H,33,34)/t16?,19-,23?/m1/s1. The van der Waals surface area contributed by atoms with Gasteiger partial charge in [0, 0.05) is 36.0 Å². The van der Waals surface area contributed by atoms with Crippen LogP contribution in [-0.2, 0) is 4.79 Å². The second-order valence-electron chi connectivity index (χ2n) is 8.93. The molecular formula is C26H29F2N3O4S. The number of pyridine rings is 2. The van der Waals surface area contributed by atoms with Gasteiger partial charge in [0.2, 0.25) is 0 Å². The van der Waals surface area contributed by atoms with Crippen molar-refractivity contribution in [3.63, 3.8) is 0 Å². The van der Waals surface area contributed by atoms with Gasteiger partial charge in [0.1, 0.15) is 16.6 Å². The molecule has 7 nitrogen and oxygen atoms in total. The SMILES string of the molecule is COc1ccc2ncc(F)c(C(O)CCC3CCN(CCSc4ncccc4F)C[C@H]3C(=O)O)c2c1. The second kappa shape index (κ2) is 11.9. The van der Waals surface area contributed by atoms with Gasteiger partial charge in [-0.3, -0.25) is 9.78 Å². The van der Waals surface area contributed by atoms with Gasteiger partial charge in [-0.25, -0.2) is 13.8 Å². The lowest BCUT2D eigenvalue weighted by Gasteiger charge is -2.36. The number of carboxylic acid groups (broad SMARTS) is 1. The normalized spacial score (nSPS) is 19.3. The number of rotatable bonds is 10. The molecule has 2 N–H and O–H groups in total. The molecule has 1 fully saturated rings. The number of likely N-dealkylation sites (tertiary alicyclic amines) is 1. The van der Waals surface area contributed by atoms with E-state index in [4.69, 9.17) is 4.74 Å². The highest BCUT2D eigenvalue weighted by atomic mass is 32.2. The Morgan fingerprint density at radius 1 is 1.28 bits per heavy atom. The average molecular weight is 518 g/mol. The van der Waals surface area contributed by atoms with Crippen LogP contribution in [0.25, 0.3) is 10.9 Å². The number of aliphatic carboxylic acids is 1. The number of aromatic nitrogens is 2. The van der Waals surface area contributed by atoms with Crippen molar-refractivity contribution in [1.29, 1.82) is 0 Å². The molecule has 1 aliphatic heterocycles. The largest absolute Gasteiger partial charge is 0.497 e. The predicted molar refractivity (Wildman–Crippen MR) is 133 cm³/mol. The maximum atomic E-state index is 14.7. The average Bonchev–Trinajstić information content (AvgIpc) is 2.88. The maximum Gasteiger partial charge on any atom is 0.308 e. The number of carbonyl (C=O) groups is 1. The van der Waals surface area contributed by atoms with Crippen LogP contribution in [0.4, 0.5) is 8.78 Å². The third-order valence-corrected chi connectivity index (χ3v) is 7.70. The predicted octanol–water partition coefficient (Wildman–Crippen LogP) is 4.55. The number of nitrogens with zero attached hydrogens (tertiary/aromatic N) is 3. The van der Waals surface area contributed by atoms with Crippen molar-refractivity contribution >= 4 is 28.6 Å². The number of thioether (sulfide) groups is 1. The molecule has 1 saturated heterocycles. The number of fused-ring (bicyclic) bond motifs is 1. The summed E-state index contributed by atoms with van der Waals surface area (Å²) in [5.41, 5.74) is 0.702. The van der Waals surface area contributed by atoms with Crippen molar-refractivity contribution in [2.24, 2.45) is 11.8 Å². The van der Waals surface area contributed by atoms with Crippen molar-refractivity contribution in [2.75, 3.05) is 32.5 Å². The number of piperidine rings is 1. The Balaban J connectivity index is 1.37. The quantitative estimate of drug-likeness (QED) is 0.379. The minimum absolute atomic E-state index is 0.139. The molecule has 0 saturated carbocycles. The molecule has 0 bridgehead atoms. The van der Waals surface area contributed by atoms with E-state index in [1.165, 1.54) is 24.9 Å². The molecule has 4 rings (SSSR count). The monoisotopic (exact) mass is 517 g/mol. The summed E-state index contributed by atoms with van der Waals surface area (Å²) in [6, 6.07) is 7.99. The van der Waals surface area contributed by atoms with Gasteiger partial charge in [-0.05, 0) is 62.1 Å². The van der Waals surface area contributed by atoms with Gasteiger partial charge >= 0.3 is 5.97 Å². The van der Waals surface area contributed by atoms with Gasteiger partial charge in [0.05, 0.1) is 30.8 Å². The Hall–Kier alpha value is -2.82. The molecule has 3 atom stereocenters. The summed E-state index contributed by atoms with van der Waals surface area (Å²) in [6.45, 7) is 1.71. The molecule has 3 heterocycles. The highest BCUT2D eigenvalue weighted by Gasteiger charge is 2.34. The van der Waals surface area contributed by atoms with Crippen molar-refractivity contribution in [3.05, 3.63) is 59.9 Å². The van der Waals surface area contributed by atoms with Crippen LogP contribution < -0.4 is 4.74 Å². The van der Waals surface area contributed by atoms with Crippen LogP contribution in [0, 0.1) is 23.5 Å². The number of methoxy groups -OCH3 is 1. The number of halogens is 2. The van der Waals surface area contributed by atoms with E-state index in [0.717, 1.165) is 6.20 Å². The van der Waals surface area contributed by atoms with E-state index in [0.29, 0.717) is 59.9 Å². The van der Waals surface area contributed by atoms with Crippen LogP contribution >= 0.6 is 11.8 Å². The summed E-state index contributed by atoms with van der Waals surface area (Å²) >= 11 is 1.31. The maximum absolute atomic E-state index is 14.7. The topological polar surface area (TPSA) is 95.8 Å². The molecule has 1 aromatic carbocycles. The van der Waals surface area contributed by atoms with Gasteiger partial charge in [-0.15, -0.1) is 11.8 Å². The zero-order valence-corrected chi connectivity index (χ0v) is 20.8. The molecule has 3 aromatic rings. The van der Waals surface area contributed by atoms with Crippen LogP contribution in [0.15, 0.2) is 47.8 Å². The molecule has 2 aromatic heterocycles. The minimum Gasteiger partial charge on any atom is -0.497 e. The first kappa shape index (κ1) is 26.2. The van der Waals surface area contributed by atoms with Crippen LogP contribution in [0.2, 0.25) is 0 Å². The van der Waals surface area contributed by atoms with E-state index < -0.39 is 23.8 Å². The van der Waals surface area contributed by atoms with Gasteiger partial charge in [0.25, 0.3) is 0 Å². The lowest BCUT2D eigenvalue weighted by Crippen LogP contribution is -2.44. The van der Waals surface area contributed by atoms with E-state index in [2.05, 4.69) is 14.9 Å². The molecule has 2 unspecified atom stereocenters. The van der Waals surface area contributed by atoms with E-state index in [-0.39, 0.29) is 23.7 Å². The van der Waals surface area contributed by atoms with Crippen molar-refractivity contribution in [1.82, 2.24) is 14.9 Å². The van der Waals surface area contributed by atoms with Gasteiger partial charge < -0.3 is 19.8 Å². The van der Waals surface area contributed by atoms with E-state index in [9.17, 15) is 23.8 Å². The Kier molecular flexibility index (Phi) is 8.71. The molecule has 0 radical (unpaired) electrons. The highest BCUT2D eigenvalue weighted by molar-refractivity contribution is 7.99. The zero-order valence-electron chi connectivity index (χ0n) is 19.9. The lowest BCUT2D eigenvalue weighted by atomic mass is 9.81. The molecular weight excluding hydrogens is 488 g/mol. The lowest BCUT2D eigenvalue weighted by molar-refractivity contribution is -0.146. The smallest absolute Gasteiger partial charge is 0.308 e. The first-order valence-corrected chi connectivity index (χ1v) is 12.8. The first-order chi connectivity index (χ1) is 17.4. The van der Waals surface area contributed by atoms with Gasteiger partial charge in [-0.1, -0.05) is 0 Å². The number of hydrogen-bond acceptors (Lipinski definition) is 7. The summed E-state index contributed by atoms with van der Waals surface area (Å²) in [4.78, 5) is 22.2. The van der Waals surface area contributed by atoms with Crippen LogP contribution in [0.3, 0.4) is 0 Å². The third kappa shape index (κ3) is 6.11. The fourth-order valence-corrected chi connectivity index (χ4v) is 5.68. The van der Waals surface area contributed by atoms with Crippen LogP contribution in [0.5, 0.6) is 5.75 Å². The highest BCUT2D eigenvalue weighted by Crippen LogP contribution is 2.35. The second-order valence-corrected chi connectivity index (χ2v) is 10.0. The summed E-state index contributed by atoms with van der Waals surface area (Å²) in [6.07, 6.45) is 2.88. The molecule has 10 heteroatoms. The number of aliphatic hydroxyl groups excluding tert-OH is 1. The van der Waals surface area contributed by atoms with Crippen molar-refractivity contribution in [2.45, 2.75) is 30.4 Å². The molecule has 1 aliphatic rings. The summed E-state index contributed by atoms with van der Waals surface area (Å²) in [5.74, 6) is -1.45. The first-order valence-electron chi connectivity index (χ1n) is 11.9. The fourth-order valence-electron chi connectivity index (χ4n) is 4.80. The van der Waals surface area contributed by atoms with E-state index in [1.807, 2.05) is 0 Å². The summed E-state index contributed by atoms with van der Waals surface area (Å²) in [5, 5.41) is 21.6. The number of carboxylic acids is 1. The molecule has 192 valence electrons. The molecule has 0 amide bonds. The van der Waals surface area contributed by atoms with Gasteiger partial charge in [-0.2, -0.15) is 0 Å². The Morgan fingerprint density at radius 2 is 2.11 bits per heavy atom. The number of hydrogen-bond donors (Lipinski definition) is 2. The Bertz CT molecular complexity index is 1220. The van der Waals surface area contributed by atoms with Gasteiger partial charge in [0.15, 0.2) is 5.82 Å². The number of benzene rings is 1. The number of ether oxygens (including phenoxy) is 1. The van der Waals surface area contributed by atoms with E-state index in [1.54, 1.807) is 30.5 Å². The van der Waals surface area contributed by atoms with Crippen molar-refractivity contribution < 1.29 is 28.5 Å². The van der Waals surface area contributed by atoms with E-state index >= 15 is 0 Å². The summed E-state index contributed by atoms with van der Waals surface area (Å²) < 4.78 is 33.7. The minimum atomic E-state index is -1.10. The Morgan fingerprint density at radius 3 is 2.86 bits per heavy atom. The third-order valence-electron chi connectivity index (χ3n) is 6.74.